The predicted octanol–water partition coefficient (Wildman–Crippen LogP) is 10.8. The van der Waals surface area contributed by atoms with Gasteiger partial charge in [-0.05, 0) is 43.8 Å². The minimum absolute atomic E-state index is 0.0351. The molecule has 0 spiro atoms. The van der Waals surface area contributed by atoms with E-state index in [-0.39, 0.29) is 45.7 Å². The number of anilines is 2. The lowest BCUT2D eigenvalue weighted by atomic mass is 10.0. The Morgan fingerprint density at radius 1 is 0.828 bits per heavy atom. The van der Waals surface area contributed by atoms with E-state index >= 15 is 0 Å². The van der Waals surface area contributed by atoms with Gasteiger partial charge in [-0.15, -0.1) is 0 Å². The number of halogens is 2. The number of rotatable bonds is 36. The van der Waals surface area contributed by atoms with E-state index in [1.54, 1.807) is 23.1 Å². The smallest absolute Gasteiger partial charge is 0.355 e. The summed E-state index contributed by atoms with van der Waals surface area (Å²) < 4.78 is 45.9. The average Bonchev–Trinajstić information content (AvgIpc) is 3.99. The Labute approximate surface area is 358 Å². The van der Waals surface area contributed by atoms with Crippen molar-refractivity contribution in [2.75, 3.05) is 72.0 Å². The Bertz CT molecular complexity index is 1440. The molecule has 330 valence electrons. The topological polar surface area (TPSA) is 128 Å². The number of unbranched alkanes of at least 4 members (excludes halogenated alkanes) is 14. The molecule has 1 aliphatic rings. The van der Waals surface area contributed by atoms with E-state index in [4.69, 9.17) is 51.2 Å². The van der Waals surface area contributed by atoms with Crippen LogP contribution in [0.15, 0.2) is 42.5 Å². The van der Waals surface area contributed by atoms with Crippen molar-refractivity contribution in [3.05, 3.63) is 58.1 Å². The Kier molecular flexibility index (Phi) is 26.4. The van der Waals surface area contributed by atoms with Crippen LogP contribution in [0.1, 0.15) is 116 Å². The van der Waals surface area contributed by atoms with Crippen LogP contribution in [0.4, 0.5) is 11.4 Å². The van der Waals surface area contributed by atoms with E-state index in [1.807, 2.05) is 43.1 Å². The number of nitrogens with zero attached hydrogens (tertiary/aromatic N) is 2. The van der Waals surface area contributed by atoms with Crippen LogP contribution >= 0.6 is 31.0 Å². The van der Waals surface area contributed by atoms with Crippen LogP contribution in [0.3, 0.4) is 0 Å². The van der Waals surface area contributed by atoms with E-state index in [0.717, 1.165) is 30.6 Å². The molecule has 1 aliphatic heterocycles. The summed E-state index contributed by atoms with van der Waals surface area (Å²) in [7, 11) is -2.44. The molecule has 0 bridgehead atoms. The number of amides is 1. The zero-order chi connectivity index (χ0) is 41.9. The first kappa shape index (κ1) is 50.6. The molecule has 3 atom stereocenters. The molecule has 1 saturated heterocycles. The van der Waals surface area contributed by atoms with Gasteiger partial charge in [0.2, 0.25) is 5.91 Å². The number of nitrogens with one attached hydrogen (secondary N) is 1. The molecule has 1 heterocycles. The predicted molar refractivity (Wildman–Crippen MR) is 233 cm³/mol. The quantitative estimate of drug-likeness (QED) is 0.0294. The van der Waals surface area contributed by atoms with E-state index < -0.39 is 20.2 Å². The molecule has 0 aromatic heterocycles. The van der Waals surface area contributed by atoms with Gasteiger partial charge in [-0.25, -0.2) is 4.57 Å². The minimum Gasteiger partial charge on any atom is -0.355 e. The molecular weight excluding hydrogens is 804 g/mol. The van der Waals surface area contributed by atoms with Crippen molar-refractivity contribution in [3.63, 3.8) is 0 Å². The third-order valence-electron chi connectivity index (χ3n) is 10.1. The third kappa shape index (κ3) is 22.2. The number of phosphoric ester groups is 1. The molecule has 12 nitrogen and oxygen atoms in total. The number of hydrogen-bond acceptors (Lipinski definition) is 10. The Morgan fingerprint density at radius 3 is 2.09 bits per heavy atom. The largest absolute Gasteiger partial charge is 0.472 e. The normalized spacial score (nSPS) is 15.5. The van der Waals surface area contributed by atoms with Gasteiger partial charge in [0.1, 0.15) is 19.7 Å². The lowest BCUT2D eigenvalue weighted by Gasteiger charge is -2.20. The molecule has 0 radical (unpaired) electrons. The molecule has 3 rings (SSSR count). The molecule has 2 N–H and O–H groups in total. The molecule has 58 heavy (non-hydrogen) atoms. The highest BCUT2D eigenvalue weighted by atomic mass is 35.5. The third-order valence-corrected chi connectivity index (χ3v) is 11.7. The summed E-state index contributed by atoms with van der Waals surface area (Å²) in [6.45, 7) is 6.18. The summed E-state index contributed by atoms with van der Waals surface area (Å²) in [4.78, 5) is 27.0. The number of para-hydroxylation sites is 2. The van der Waals surface area contributed by atoms with Crippen LogP contribution in [-0.4, -0.2) is 99.6 Å². The zero-order valence-electron chi connectivity index (χ0n) is 35.2. The summed E-state index contributed by atoms with van der Waals surface area (Å²) in [5.41, 5.74) is 2.06. The van der Waals surface area contributed by atoms with Gasteiger partial charge >= 0.3 is 7.82 Å². The zero-order valence-corrected chi connectivity index (χ0v) is 37.6. The summed E-state index contributed by atoms with van der Waals surface area (Å²) >= 11 is 12.7. The molecule has 15 heteroatoms. The number of likely N-dealkylation sites (N-methyl/N-ethyl adjacent to an activating group) is 1. The fourth-order valence-corrected chi connectivity index (χ4v) is 7.49. The first-order valence-corrected chi connectivity index (χ1v) is 23.7. The van der Waals surface area contributed by atoms with Crippen molar-refractivity contribution < 1.29 is 42.2 Å². The SMILES string of the molecule is CCCCCCCCCCCCCCCCCOCOCC(COP(=O)(O)OCCN(C)CC)OCOC1CN1C(=O)Cc1ccccc1Nc1c(Cl)cccc1Cl. The number of benzene rings is 2. The van der Waals surface area contributed by atoms with Crippen molar-refractivity contribution in [2.24, 2.45) is 0 Å². The van der Waals surface area contributed by atoms with Crippen molar-refractivity contribution in [1.82, 2.24) is 9.80 Å². The fourth-order valence-electron chi connectivity index (χ4n) is 6.25. The number of carbonyl (C=O) groups excluding carboxylic acids is 1. The second-order valence-electron chi connectivity index (χ2n) is 15.0. The van der Waals surface area contributed by atoms with E-state index in [2.05, 4.69) is 12.2 Å². The summed E-state index contributed by atoms with van der Waals surface area (Å²) in [5.74, 6) is -0.119. The van der Waals surface area contributed by atoms with Crippen molar-refractivity contribution in [3.8, 4) is 0 Å². The van der Waals surface area contributed by atoms with Gasteiger partial charge < -0.3 is 39.0 Å². The number of hydrogen-bond donors (Lipinski definition) is 2. The van der Waals surface area contributed by atoms with Crippen molar-refractivity contribution >= 4 is 48.3 Å². The van der Waals surface area contributed by atoms with Crippen LogP contribution in [0, 0.1) is 0 Å². The lowest BCUT2D eigenvalue weighted by Crippen LogP contribution is -2.28. The molecule has 2 aromatic carbocycles. The second kappa shape index (κ2) is 30.3. The maximum atomic E-state index is 13.2. The molecular formula is C43H70Cl2N3O9P. The minimum atomic E-state index is -4.33. The van der Waals surface area contributed by atoms with Gasteiger partial charge in [0.25, 0.3) is 0 Å². The molecule has 0 saturated carbocycles. The average molecular weight is 875 g/mol. The van der Waals surface area contributed by atoms with Crippen LogP contribution in [0.2, 0.25) is 10.0 Å². The van der Waals surface area contributed by atoms with Crippen LogP contribution in [-0.2, 0) is 43.8 Å². The van der Waals surface area contributed by atoms with E-state index in [1.165, 1.54) is 83.5 Å². The van der Waals surface area contributed by atoms with Gasteiger partial charge in [-0.3, -0.25) is 13.8 Å². The second-order valence-corrected chi connectivity index (χ2v) is 17.2. The highest BCUT2D eigenvalue weighted by Crippen LogP contribution is 2.43. The fraction of sp³-hybridized carbons (Fsp3) is 0.698. The highest BCUT2D eigenvalue weighted by molar-refractivity contribution is 7.47. The summed E-state index contributed by atoms with van der Waals surface area (Å²) in [5, 5.41) is 4.20. The molecule has 2 aromatic rings. The van der Waals surface area contributed by atoms with Gasteiger partial charge in [-0.1, -0.05) is 151 Å². The Hall–Kier alpha value is -1.80. The van der Waals surface area contributed by atoms with Crippen molar-refractivity contribution in [1.29, 1.82) is 0 Å². The number of phosphoric acid groups is 1. The highest BCUT2D eigenvalue weighted by Gasteiger charge is 2.39. The Balaban J connectivity index is 1.33. The number of carbonyl (C=O) groups is 1. The Morgan fingerprint density at radius 2 is 1.45 bits per heavy atom. The molecule has 1 amide bonds. The maximum absolute atomic E-state index is 13.2. The van der Waals surface area contributed by atoms with Gasteiger partial charge in [-0.2, -0.15) is 0 Å². The molecule has 1 fully saturated rings. The maximum Gasteiger partial charge on any atom is 0.472 e. The monoisotopic (exact) mass is 873 g/mol. The van der Waals surface area contributed by atoms with Crippen molar-refractivity contribution in [2.45, 2.75) is 129 Å². The summed E-state index contributed by atoms with van der Waals surface area (Å²) in [6.07, 6.45) is 18.5. The lowest BCUT2D eigenvalue weighted by molar-refractivity contribution is -0.153. The van der Waals surface area contributed by atoms with Crippen LogP contribution < -0.4 is 5.32 Å². The van der Waals surface area contributed by atoms with Crippen LogP contribution in [0.25, 0.3) is 0 Å². The van der Waals surface area contributed by atoms with Gasteiger partial charge in [0, 0.05) is 18.8 Å². The van der Waals surface area contributed by atoms with Gasteiger partial charge in [0.05, 0.1) is 48.5 Å². The summed E-state index contributed by atoms with van der Waals surface area (Å²) in [6, 6.07) is 12.7. The van der Waals surface area contributed by atoms with Crippen LogP contribution in [0.5, 0.6) is 0 Å². The first-order valence-electron chi connectivity index (χ1n) is 21.4. The van der Waals surface area contributed by atoms with E-state index in [9.17, 15) is 14.3 Å². The van der Waals surface area contributed by atoms with Gasteiger partial charge in [0.15, 0.2) is 6.23 Å². The standard InChI is InChI=1S/C43H70Cl2N3O9P/c1-4-6-7-8-9-10-11-12-13-14-15-16-17-18-21-28-52-34-53-32-37(33-57-58(50,51)56-29-27-47(3)5-2)54-35-55-42-31-48(42)41(49)30-36-23-19-20-26-40(36)46-43-38(44)24-22-25-39(43)45/h19-20,22-26,37,42,46H,4-18,21,27-35H2,1-3H3,(H,50,51). The molecule has 0 aliphatic carbocycles. The molecule has 3 unspecified atom stereocenters. The number of ether oxygens (including phenoxy) is 4. The first-order chi connectivity index (χ1) is 28.1. The van der Waals surface area contributed by atoms with E-state index in [0.29, 0.717) is 35.4 Å².